The van der Waals surface area contributed by atoms with E-state index in [9.17, 15) is 0 Å². The summed E-state index contributed by atoms with van der Waals surface area (Å²) in [6.45, 7) is 0.901. The summed E-state index contributed by atoms with van der Waals surface area (Å²) in [4.78, 5) is 2.48. The van der Waals surface area contributed by atoms with Crippen molar-refractivity contribution in [2.75, 3.05) is 4.90 Å². The van der Waals surface area contributed by atoms with E-state index in [-0.39, 0.29) is 0 Å². The highest BCUT2D eigenvalue weighted by Crippen LogP contribution is 2.37. The molecule has 24 heavy (non-hydrogen) atoms. The third-order valence-corrected chi connectivity index (χ3v) is 5.37. The summed E-state index contributed by atoms with van der Waals surface area (Å²) in [6.07, 6.45) is 2.19. The lowest BCUT2D eigenvalue weighted by molar-refractivity contribution is 0.969. The number of hydrogen-bond acceptors (Lipinski definition) is 1. The molecule has 0 fully saturated rings. The summed E-state index contributed by atoms with van der Waals surface area (Å²) < 4.78 is 0. The molecule has 1 aliphatic rings. The van der Waals surface area contributed by atoms with Crippen molar-refractivity contribution in [2.24, 2.45) is 0 Å². The second-order valence-corrected chi connectivity index (χ2v) is 6.86. The van der Waals surface area contributed by atoms with E-state index in [2.05, 4.69) is 93.6 Å². The number of rotatable bonds is 3. The number of nitrogens with zero attached hydrogens (tertiary/aromatic N) is 1. The SMILES string of the molecule is BrCc1ccc2c(c1)CCc1ccccc1N2Cc1ccccc1. The molecule has 2 heteroatoms. The standard InChI is InChI=1S/C22H20BrN/c23-15-18-10-13-22-20(14-18)12-11-19-8-4-5-9-21(19)24(22)16-17-6-2-1-3-7-17/h1-10,13-14H,11-12,15-16H2. The Morgan fingerprint density at radius 2 is 1.42 bits per heavy atom. The molecular weight excluding hydrogens is 358 g/mol. The molecule has 0 atom stereocenters. The smallest absolute Gasteiger partial charge is 0.0481 e. The highest BCUT2D eigenvalue weighted by molar-refractivity contribution is 9.08. The Kier molecular flexibility index (Phi) is 4.40. The molecule has 120 valence electrons. The van der Waals surface area contributed by atoms with E-state index in [1.54, 1.807) is 0 Å². The minimum atomic E-state index is 0.901. The predicted molar refractivity (Wildman–Crippen MR) is 105 cm³/mol. The van der Waals surface area contributed by atoms with Crippen LogP contribution in [0.25, 0.3) is 0 Å². The molecule has 0 radical (unpaired) electrons. The van der Waals surface area contributed by atoms with Crippen molar-refractivity contribution >= 4 is 27.3 Å². The van der Waals surface area contributed by atoms with Crippen LogP contribution in [0, 0.1) is 0 Å². The van der Waals surface area contributed by atoms with Crippen LogP contribution in [0.15, 0.2) is 72.8 Å². The van der Waals surface area contributed by atoms with Crippen molar-refractivity contribution in [3.63, 3.8) is 0 Å². The van der Waals surface area contributed by atoms with Gasteiger partial charge < -0.3 is 4.90 Å². The molecule has 0 unspecified atom stereocenters. The number of anilines is 2. The van der Waals surface area contributed by atoms with Gasteiger partial charge in [0, 0.05) is 23.2 Å². The Labute approximate surface area is 152 Å². The molecule has 0 saturated carbocycles. The van der Waals surface area contributed by atoms with Crippen LogP contribution in [-0.4, -0.2) is 0 Å². The topological polar surface area (TPSA) is 3.24 Å². The van der Waals surface area contributed by atoms with Gasteiger partial charge in [0.2, 0.25) is 0 Å². The fraction of sp³-hybridized carbons (Fsp3) is 0.182. The van der Waals surface area contributed by atoms with Crippen LogP contribution in [0.1, 0.15) is 22.3 Å². The average molecular weight is 378 g/mol. The normalized spacial score (nSPS) is 13.1. The summed E-state index contributed by atoms with van der Waals surface area (Å²) in [5.74, 6) is 0. The zero-order valence-electron chi connectivity index (χ0n) is 13.6. The first-order valence-electron chi connectivity index (χ1n) is 8.42. The maximum atomic E-state index is 3.59. The summed E-state index contributed by atoms with van der Waals surface area (Å²) in [6, 6.07) is 26.4. The number of halogens is 1. The molecule has 3 aromatic carbocycles. The van der Waals surface area contributed by atoms with Gasteiger partial charge in [-0.1, -0.05) is 76.6 Å². The fourth-order valence-electron chi connectivity index (χ4n) is 3.51. The van der Waals surface area contributed by atoms with Crippen molar-refractivity contribution in [1.29, 1.82) is 0 Å². The molecule has 1 aliphatic heterocycles. The van der Waals surface area contributed by atoms with Crippen molar-refractivity contribution in [3.05, 3.63) is 95.1 Å². The van der Waals surface area contributed by atoms with Gasteiger partial charge in [-0.25, -0.2) is 0 Å². The number of alkyl halides is 1. The zero-order valence-corrected chi connectivity index (χ0v) is 15.2. The highest BCUT2D eigenvalue weighted by Gasteiger charge is 2.20. The Balaban J connectivity index is 1.83. The van der Waals surface area contributed by atoms with Crippen LogP contribution in [0.5, 0.6) is 0 Å². The van der Waals surface area contributed by atoms with E-state index in [4.69, 9.17) is 0 Å². The van der Waals surface area contributed by atoms with E-state index in [1.807, 2.05) is 0 Å². The van der Waals surface area contributed by atoms with E-state index in [0.717, 1.165) is 24.7 Å². The van der Waals surface area contributed by atoms with Crippen molar-refractivity contribution in [1.82, 2.24) is 0 Å². The fourth-order valence-corrected chi connectivity index (χ4v) is 3.86. The first-order chi connectivity index (χ1) is 11.8. The second kappa shape index (κ2) is 6.82. The quantitative estimate of drug-likeness (QED) is 0.504. The maximum Gasteiger partial charge on any atom is 0.0481 e. The number of benzene rings is 3. The van der Waals surface area contributed by atoms with Gasteiger partial charge in [-0.15, -0.1) is 0 Å². The van der Waals surface area contributed by atoms with Gasteiger partial charge in [0.25, 0.3) is 0 Å². The lowest BCUT2D eigenvalue weighted by atomic mass is 10.0. The van der Waals surface area contributed by atoms with E-state index < -0.39 is 0 Å². The van der Waals surface area contributed by atoms with Crippen molar-refractivity contribution < 1.29 is 0 Å². The molecule has 0 saturated heterocycles. The Hall–Kier alpha value is -2.06. The number of para-hydroxylation sites is 1. The molecule has 3 aromatic rings. The number of aryl methyl sites for hydroxylation is 2. The van der Waals surface area contributed by atoms with Gasteiger partial charge in [-0.3, -0.25) is 0 Å². The van der Waals surface area contributed by atoms with Crippen LogP contribution in [0.3, 0.4) is 0 Å². The third-order valence-electron chi connectivity index (χ3n) is 4.72. The number of fused-ring (bicyclic) bond motifs is 2. The van der Waals surface area contributed by atoms with Crippen LogP contribution in [0.4, 0.5) is 11.4 Å². The lowest BCUT2D eigenvalue weighted by Gasteiger charge is -2.27. The number of hydrogen-bond donors (Lipinski definition) is 0. The van der Waals surface area contributed by atoms with E-state index in [1.165, 1.54) is 33.6 Å². The van der Waals surface area contributed by atoms with Gasteiger partial charge in [0.05, 0.1) is 0 Å². The Bertz CT molecular complexity index is 842. The van der Waals surface area contributed by atoms with Crippen LogP contribution in [-0.2, 0) is 24.7 Å². The Morgan fingerprint density at radius 3 is 2.25 bits per heavy atom. The van der Waals surface area contributed by atoms with Crippen LogP contribution < -0.4 is 4.90 Å². The minimum Gasteiger partial charge on any atom is -0.337 e. The molecule has 1 nitrogen and oxygen atoms in total. The molecule has 4 rings (SSSR count). The summed E-state index contributed by atoms with van der Waals surface area (Å²) in [5, 5.41) is 0.909. The maximum absolute atomic E-state index is 3.59. The average Bonchev–Trinajstić information content (AvgIpc) is 2.80. The molecule has 0 spiro atoms. The van der Waals surface area contributed by atoms with Gasteiger partial charge in [0.1, 0.15) is 0 Å². The summed E-state index contributed by atoms with van der Waals surface area (Å²) >= 11 is 3.59. The van der Waals surface area contributed by atoms with Crippen LogP contribution in [0.2, 0.25) is 0 Å². The molecular formula is C22H20BrN. The van der Waals surface area contributed by atoms with Crippen LogP contribution >= 0.6 is 15.9 Å². The minimum absolute atomic E-state index is 0.901. The van der Waals surface area contributed by atoms with Gasteiger partial charge in [0.15, 0.2) is 0 Å². The molecule has 0 aromatic heterocycles. The van der Waals surface area contributed by atoms with Gasteiger partial charge >= 0.3 is 0 Å². The third kappa shape index (κ3) is 2.99. The summed E-state index contributed by atoms with van der Waals surface area (Å²) in [7, 11) is 0. The van der Waals surface area contributed by atoms with Gasteiger partial charge in [-0.05, 0) is 47.2 Å². The Morgan fingerprint density at radius 1 is 0.708 bits per heavy atom. The highest BCUT2D eigenvalue weighted by atomic mass is 79.9. The van der Waals surface area contributed by atoms with Crippen molar-refractivity contribution in [3.8, 4) is 0 Å². The second-order valence-electron chi connectivity index (χ2n) is 6.30. The predicted octanol–water partition coefficient (Wildman–Crippen LogP) is 6.02. The molecule has 1 heterocycles. The molecule has 0 bridgehead atoms. The molecule has 0 amide bonds. The largest absolute Gasteiger partial charge is 0.337 e. The van der Waals surface area contributed by atoms with E-state index >= 15 is 0 Å². The van der Waals surface area contributed by atoms with Gasteiger partial charge in [-0.2, -0.15) is 0 Å². The lowest BCUT2D eigenvalue weighted by Crippen LogP contribution is -2.17. The summed E-state index contributed by atoms with van der Waals surface area (Å²) in [5.41, 5.74) is 8.24. The molecule has 0 N–H and O–H groups in total. The van der Waals surface area contributed by atoms with Crippen molar-refractivity contribution in [2.45, 2.75) is 24.7 Å². The van der Waals surface area contributed by atoms with E-state index in [0.29, 0.717) is 0 Å². The first kappa shape index (κ1) is 15.5. The zero-order chi connectivity index (χ0) is 16.4. The first-order valence-corrected chi connectivity index (χ1v) is 9.54. The molecule has 0 aliphatic carbocycles. The monoisotopic (exact) mass is 377 g/mol.